The van der Waals surface area contributed by atoms with Gasteiger partial charge in [-0.15, -0.1) is 0 Å². The van der Waals surface area contributed by atoms with Crippen LogP contribution in [0.1, 0.15) is 12.0 Å². The minimum absolute atomic E-state index is 0.0647. The van der Waals surface area contributed by atoms with E-state index in [0.29, 0.717) is 62.9 Å². The van der Waals surface area contributed by atoms with Crippen LogP contribution >= 0.6 is 0 Å². The van der Waals surface area contributed by atoms with Gasteiger partial charge in [-0.05, 0) is 36.8 Å². The Morgan fingerprint density at radius 3 is 2.75 bits per heavy atom. The molecule has 2 saturated heterocycles. The summed E-state index contributed by atoms with van der Waals surface area (Å²) in [5, 5.41) is 12.3. The van der Waals surface area contributed by atoms with Crippen molar-refractivity contribution in [3.63, 3.8) is 0 Å². The third-order valence-corrected chi connectivity index (χ3v) is 7.69. The van der Waals surface area contributed by atoms with Crippen LogP contribution in [-0.4, -0.2) is 88.1 Å². The summed E-state index contributed by atoms with van der Waals surface area (Å²) in [6.45, 7) is 9.32. The number of para-hydroxylation sites is 1. The third-order valence-electron chi connectivity index (χ3n) is 7.69. The molecule has 2 amide bonds. The van der Waals surface area contributed by atoms with E-state index in [1.54, 1.807) is 16.0 Å². The molecule has 2 aliphatic heterocycles. The highest BCUT2D eigenvalue weighted by atomic mass is 16.5. The lowest BCUT2D eigenvalue weighted by Gasteiger charge is -2.35. The zero-order chi connectivity index (χ0) is 27.8. The molecule has 0 bridgehead atoms. The number of carbonyl (C=O) groups excluding carboxylic acids is 2. The number of fused-ring (bicyclic) bond motifs is 2. The Morgan fingerprint density at radius 1 is 1.18 bits per heavy atom. The van der Waals surface area contributed by atoms with Crippen LogP contribution in [0, 0.1) is 12.8 Å². The Kier molecular flexibility index (Phi) is 6.71. The summed E-state index contributed by atoms with van der Waals surface area (Å²) in [5.74, 6) is 2.85. The number of anilines is 2. The number of likely N-dealkylation sites (tertiary alicyclic amines) is 1. The molecule has 0 radical (unpaired) electrons. The van der Waals surface area contributed by atoms with Crippen LogP contribution in [0.25, 0.3) is 21.8 Å². The highest BCUT2D eigenvalue weighted by Crippen LogP contribution is 2.38. The minimum Gasteiger partial charge on any atom is -0.454 e. The zero-order valence-electron chi connectivity index (χ0n) is 22.7. The average molecular weight is 541 g/mol. The molecule has 6 rings (SSSR count). The number of hydrogen-bond donors (Lipinski definition) is 2. The molecule has 1 unspecified atom stereocenters. The van der Waals surface area contributed by atoms with Crippen LogP contribution in [-0.2, 0) is 9.59 Å². The molecule has 4 heterocycles. The Morgan fingerprint density at radius 2 is 2.00 bits per heavy atom. The monoisotopic (exact) mass is 540 g/mol. The van der Waals surface area contributed by atoms with Crippen molar-refractivity contribution >= 4 is 45.4 Å². The number of rotatable bonds is 7. The van der Waals surface area contributed by atoms with Crippen molar-refractivity contribution < 1.29 is 14.3 Å². The zero-order valence-corrected chi connectivity index (χ0v) is 22.7. The second-order valence-electron chi connectivity index (χ2n) is 10.4. The van der Waals surface area contributed by atoms with E-state index in [9.17, 15) is 9.59 Å². The van der Waals surface area contributed by atoms with E-state index in [4.69, 9.17) is 14.7 Å². The maximum atomic E-state index is 12.2. The molecule has 2 N–H and O–H groups in total. The number of aromatic nitrogens is 4. The van der Waals surface area contributed by atoms with E-state index in [1.165, 1.54) is 6.08 Å². The predicted molar refractivity (Wildman–Crippen MR) is 154 cm³/mol. The maximum Gasteiger partial charge on any atom is 0.246 e. The number of amides is 2. The van der Waals surface area contributed by atoms with E-state index in [0.717, 1.165) is 33.4 Å². The van der Waals surface area contributed by atoms with Gasteiger partial charge >= 0.3 is 0 Å². The molecule has 11 heteroatoms. The van der Waals surface area contributed by atoms with Gasteiger partial charge in [-0.3, -0.25) is 14.7 Å². The number of hydrogen-bond acceptors (Lipinski definition) is 8. The number of aryl methyl sites for hydroxylation is 1. The summed E-state index contributed by atoms with van der Waals surface area (Å²) in [4.78, 5) is 39.8. The molecule has 2 aromatic heterocycles. The maximum absolute atomic E-state index is 12.2. The largest absolute Gasteiger partial charge is 0.454 e. The second-order valence-corrected chi connectivity index (χ2v) is 10.4. The van der Waals surface area contributed by atoms with Crippen molar-refractivity contribution in [3.05, 3.63) is 54.7 Å². The van der Waals surface area contributed by atoms with Crippen molar-refractivity contribution in [2.45, 2.75) is 13.3 Å². The number of piperazine rings is 1. The van der Waals surface area contributed by atoms with E-state index in [2.05, 4.69) is 27.0 Å². The Balaban J connectivity index is 1.37. The number of nitrogens with zero attached hydrogens (tertiary/aromatic N) is 6. The van der Waals surface area contributed by atoms with Crippen molar-refractivity contribution in [3.8, 4) is 11.5 Å². The highest BCUT2D eigenvalue weighted by molar-refractivity contribution is 5.95. The summed E-state index contributed by atoms with van der Waals surface area (Å²) < 4.78 is 6.55. The van der Waals surface area contributed by atoms with Crippen molar-refractivity contribution in [1.82, 2.24) is 30.0 Å². The number of H-pyrrole nitrogens is 1. The van der Waals surface area contributed by atoms with E-state index >= 15 is 0 Å². The molecule has 2 aliphatic rings. The Bertz CT molecular complexity index is 1610. The SMILES string of the molecule is C=CC(=O)N1CCN(c2nc(NCC3CC(=O)N(C)C3)nc3c(Oc4c(C)ccc5[nH]ncc45)cccc23)CC1. The van der Waals surface area contributed by atoms with E-state index < -0.39 is 0 Å². The first-order valence-electron chi connectivity index (χ1n) is 13.5. The summed E-state index contributed by atoms with van der Waals surface area (Å²) in [6, 6.07) is 9.83. The first-order chi connectivity index (χ1) is 19.4. The van der Waals surface area contributed by atoms with E-state index in [-0.39, 0.29) is 17.7 Å². The lowest BCUT2D eigenvalue weighted by atomic mass is 10.1. The average Bonchev–Trinajstić information content (AvgIpc) is 3.58. The molecule has 0 aliphatic carbocycles. The first-order valence-corrected chi connectivity index (χ1v) is 13.5. The van der Waals surface area contributed by atoms with Crippen LogP contribution in [0.2, 0.25) is 0 Å². The van der Waals surface area contributed by atoms with Crippen LogP contribution in [0.4, 0.5) is 11.8 Å². The van der Waals surface area contributed by atoms with E-state index in [1.807, 2.05) is 44.3 Å². The van der Waals surface area contributed by atoms with Crippen molar-refractivity contribution in [1.29, 1.82) is 0 Å². The number of ether oxygens (including phenoxy) is 1. The van der Waals surface area contributed by atoms with Gasteiger partial charge in [-0.2, -0.15) is 10.1 Å². The van der Waals surface area contributed by atoms with Crippen LogP contribution in [0.3, 0.4) is 0 Å². The van der Waals surface area contributed by atoms with Gasteiger partial charge in [-0.1, -0.05) is 18.7 Å². The van der Waals surface area contributed by atoms with Crippen LogP contribution in [0.15, 0.2) is 49.2 Å². The molecule has 0 saturated carbocycles. The van der Waals surface area contributed by atoms with Gasteiger partial charge in [0.05, 0.1) is 17.1 Å². The van der Waals surface area contributed by atoms with Gasteiger partial charge in [0.15, 0.2) is 5.75 Å². The standard InChI is InChI=1S/C29H32N8O3/c1-4-24(38)36-10-12-37(13-11-36)28-20-6-5-7-23(40-27-18(2)8-9-22-21(27)16-31-34-22)26(20)32-29(33-28)30-15-19-14-25(39)35(3)17-19/h4-9,16,19H,1,10-15,17H2,2-3H3,(H,31,34)(H,30,32,33). The fraction of sp³-hybridized carbons (Fsp3) is 0.345. The molecule has 2 fully saturated rings. The summed E-state index contributed by atoms with van der Waals surface area (Å²) in [5.41, 5.74) is 2.55. The van der Waals surface area contributed by atoms with Gasteiger partial charge in [0.1, 0.15) is 17.1 Å². The molecule has 4 aromatic rings. The number of nitrogens with one attached hydrogen (secondary N) is 2. The highest BCUT2D eigenvalue weighted by Gasteiger charge is 2.28. The Labute approximate surface area is 231 Å². The smallest absolute Gasteiger partial charge is 0.246 e. The van der Waals surface area contributed by atoms with Gasteiger partial charge < -0.3 is 24.8 Å². The quantitative estimate of drug-likeness (QED) is 0.343. The molecule has 206 valence electrons. The molecule has 2 aromatic carbocycles. The number of benzene rings is 2. The molecule has 0 spiro atoms. The fourth-order valence-electron chi connectivity index (χ4n) is 5.45. The van der Waals surface area contributed by atoms with Gasteiger partial charge in [0.2, 0.25) is 17.8 Å². The summed E-state index contributed by atoms with van der Waals surface area (Å²) in [6.07, 6.45) is 3.63. The summed E-state index contributed by atoms with van der Waals surface area (Å²) in [7, 11) is 1.83. The minimum atomic E-state index is -0.0647. The first kappa shape index (κ1) is 25.6. The van der Waals surface area contributed by atoms with Crippen LogP contribution in [0.5, 0.6) is 11.5 Å². The topological polar surface area (TPSA) is 120 Å². The lowest BCUT2D eigenvalue weighted by Crippen LogP contribution is -2.48. The molecular formula is C29H32N8O3. The molecule has 11 nitrogen and oxygen atoms in total. The molecule has 1 atom stereocenters. The fourth-order valence-corrected chi connectivity index (χ4v) is 5.45. The molecular weight excluding hydrogens is 508 g/mol. The van der Waals surface area contributed by atoms with Crippen LogP contribution < -0.4 is 15.0 Å². The second kappa shape index (κ2) is 10.5. The summed E-state index contributed by atoms with van der Waals surface area (Å²) >= 11 is 0. The predicted octanol–water partition coefficient (Wildman–Crippen LogP) is 3.33. The molecule has 40 heavy (non-hydrogen) atoms. The lowest BCUT2D eigenvalue weighted by molar-refractivity contribution is -0.127. The normalized spacial score (nSPS) is 17.6. The van der Waals surface area contributed by atoms with Crippen molar-refractivity contribution in [2.75, 3.05) is 56.5 Å². The van der Waals surface area contributed by atoms with Gasteiger partial charge in [0, 0.05) is 64.0 Å². The number of aromatic amines is 1. The van der Waals surface area contributed by atoms with Crippen molar-refractivity contribution in [2.24, 2.45) is 5.92 Å². The number of carbonyl (C=O) groups is 2. The Hall–Kier alpha value is -4.67. The third kappa shape index (κ3) is 4.78. The van der Waals surface area contributed by atoms with Gasteiger partial charge in [0.25, 0.3) is 0 Å². The van der Waals surface area contributed by atoms with Gasteiger partial charge in [-0.25, -0.2) is 4.98 Å².